The zero-order valence-corrected chi connectivity index (χ0v) is 12.7. The van der Waals surface area contributed by atoms with E-state index >= 15 is 0 Å². The molecule has 0 aromatic rings. The maximum absolute atomic E-state index is 13.4. The summed E-state index contributed by atoms with van der Waals surface area (Å²) in [6, 6.07) is 0. The fourth-order valence-corrected chi connectivity index (χ4v) is 3.08. The Balaban J connectivity index is 3.13. The van der Waals surface area contributed by atoms with Crippen molar-refractivity contribution in [2.24, 2.45) is 11.8 Å². The fourth-order valence-electron chi connectivity index (χ4n) is 3.08. The molecule has 0 aliphatic heterocycles. The van der Waals surface area contributed by atoms with Gasteiger partial charge in [-0.25, -0.2) is 9.59 Å². The summed E-state index contributed by atoms with van der Waals surface area (Å²) in [6.45, 7) is 3.19. The molecule has 1 fully saturated rings. The molecule has 0 aromatic carbocycles. The molecule has 22 heavy (non-hydrogen) atoms. The van der Waals surface area contributed by atoms with Crippen LogP contribution in [0.3, 0.4) is 0 Å². The molecule has 1 aliphatic carbocycles. The third-order valence-electron chi connectivity index (χ3n) is 4.18. The maximum Gasteiger partial charge on any atom is 0.395 e. The van der Waals surface area contributed by atoms with Crippen molar-refractivity contribution in [2.45, 2.75) is 57.7 Å². The second kappa shape index (κ2) is 7.15. The van der Waals surface area contributed by atoms with E-state index in [-0.39, 0.29) is 12.8 Å². The zero-order chi connectivity index (χ0) is 17.0. The average Bonchev–Trinajstić information content (AvgIpc) is 2.59. The number of rotatable bonds is 4. The molecule has 1 saturated carbocycles. The predicted molar refractivity (Wildman–Crippen MR) is 73.1 cm³/mol. The molecule has 0 saturated heterocycles. The van der Waals surface area contributed by atoms with Crippen molar-refractivity contribution < 1.29 is 32.6 Å². The van der Waals surface area contributed by atoms with E-state index in [1.807, 2.05) is 0 Å². The minimum absolute atomic E-state index is 0.0857. The highest BCUT2D eigenvalue weighted by Crippen LogP contribution is 2.48. The molecule has 4 nitrogen and oxygen atoms in total. The van der Waals surface area contributed by atoms with Gasteiger partial charge in [-0.05, 0) is 25.2 Å². The average molecular weight is 322 g/mol. The first kappa shape index (κ1) is 18.5. The highest BCUT2D eigenvalue weighted by molar-refractivity contribution is 5.90. The van der Waals surface area contributed by atoms with Crippen LogP contribution in [-0.2, 0) is 14.3 Å². The molecule has 2 atom stereocenters. The molecule has 0 radical (unpaired) electrons. The number of carboxylic acids is 1. The first-order valence-electron chi connectivity index (χ1n) is 7.30. The Labute approximate surface area is 127 Å². The lowest BCUT2D eigenvalue weighted by Gasteiger charge is -2.43. The Morgan fingerprint density at radius 1 is 1.23 bits per heavy atom. The molecule has 2 unspecified atom stereocenters. The van der Waals surface area contributed by atoms with Crippen molar-refractivity contribution >= 4 is 11.9 Å². The SMILES string of the molecule is CC(C)C1(OC(=O)/C=C/C(=O)O)CCCCCC1C(F)(F)F. The van der Waals surface area contributed by atoms with Gasteiger partial charge in [0.05, 0.1) is 5.92 Å². The van der Waals surface area contributed by atoms with Gasteiger partial charge in [0.15, 0.2) is 0 Å². The normalized spacial score (nSPS) is 26.9. The van der Waals surface area contributed by atoms with E-state index in [9.17, 15) is 22.8 Å². The Morgan fingerprint density at radius 2 is 1.86 bits per heavy atom. The van der Waals surface area contributed by atoms with Gasteiger partial charge in [-0.2, -0.15) is 13.2 Å². The summed E-state index contributed by atoms with van der Waals surface area (Å²) in [5, 5.41) is 8.49. The van der Waals surface area contributed by atoms with Gasteiger partial charge in [0.1, 0.15) is 5.60 Å². The van der Waals surface area contributed by atoms with Crippen molar-refractivity contribution in [1.82, 2.24) is 0 Å². The molecule has 1 N–H and O–H groups in total. The number of hydrogen-bond acceptors (Lipinski definition) is 3. The zero-order valence-electron chi connectivity index (χ0n) is 12.7. The molecule has 0 spiro atoms. The number of alkyl halides is 3. The summed E-state index contributed by atoms with van der Waals surface area (Å²) in [7, 11) is 0. The van der Waals surface area contributed by atoms with Crippen LogP contribution in [0.25, 0.3) is 0 Å². The van der Waals surface area contributed by atoms with E-state index in [2.05, 4.69) is 0 Å². The lowest BCUT2D eigenvalue weighted by atomic mass is 9.74. The Hall–Kier alpha value is -1.53. The molecule has 0 bridgehead atoms. The van der Waals surface area contributed by atoms with Crippen LogP contribution in [-0.4, -0.2) is 28.8 Å². The number of ether oxygens (including phenoxy) is 1. The van der Waals surface area contributed by atoms with Crippen molar-refractivity contribution in [1.29, 1.82) is 0 Å². The fraction of sp³-hybridized carbons (Fsp3) is 0.733. The van der Waals surface area contributed by atoms with E-state index in [1.165, 1.54) is 0 Å². The quantitative estimate of drug-likeness (QED) is 0.487. The van der Waals surface area contributed by atoms with Crippen LogP contribution in [0.5, 0.6) is 0 Å². The van der Waals surface area contributed by atoms with Gasteiger partial charge in [-0.3, -0.25) is 0 Å². The van der Waals surface area contributed by atoms with Gasteiger partial charge in [0.2, 0.25) is 0 Å². The van der Waals surface area contributed by atoms with Gasteiger partial charge < -0.3 is 9.84 Å². The molecular weight excluding hydrogens is 301 g/mol. The van der Waals surface area contributed by atoms with E-state index in [0.29, 0.717) is 31.4 Å². The molecular formula is C15H21F3O4. The van der Waals surface area contributed by atoms with Crippen LogP contribution in [0.4, 0.5) is 13.2 Å². The molecule has 7 heteroatoms. The standard InChI is InChI=1S/C15H21F3O4/c1-10(2)14(22-13(21)8-7-12(19)20)9-5-3-4-6-11(14)15(16,17)18/h7-8,10-11H,3-6,9H2,1-2H3,(H,19,20)/b8-7+. The number of carboxylic acid groups (broad SMARTS) is 1. The van der Waals surface area contributed by atoms with Crippen LogP contribution in [0, 0.1) is 11.8 Å². The van der Waals surface area contributed by atoms with Crippen LogP contribution < -0.4 is 0 Å². The van der Waals surface area contributed by atoms with Crippen molar-refractivity contribution in [3.8, 4) is 0 Å². The summed E-state index contributed by atoms with van der Waals surface area (Å²) in [5.41, 5.74) is -1.64. The molecule has 0 heterocycles. The summed E-state index contributed by atoms with van der Waals surface area (Å²) in [5.74, 6) is -4.67. The molecule has 1 rings (SSSR count). The molecule has 0 amide bonds. The number of halogens is 3. The lowest BCUT2D eigenvalue weighted by Crippen LogP contribution is -2.52. The number of carbonyl (C=O) groups is 2. The molecule has 1 aliphatic rings. The Kier molecular flexibility index (Phi) is 6.02. The van der Waals surface area contributed by atoms with E-state index in [0.717, 1.165) is 0 Å². The second-order valence-corrected chi connectivity index (χ2v) is 5.90. The van der Waals surface area contributed by atoms with Gasteiger partial charge >= 0.3 is 18.1 Å². The number of esters is 1. The largest absolute Gasteiger partial charge is 0.478 e. The Bertz CT molecular complexity index is 443. The highest BCUT2D eigenvalue weighted by Gasteiger charge is 2.57. The van der Waals surface area contributed by atoms with Crippen molar-refractivity contribution in [3.05, 3.63) is 12.2 Å². The van der Waals surface area contributed by atoms with E-state index < -0.39 is 35.6 Å². The lowest BCUT2D eigenvalue weighted by molar-refractivity contribution is -0.246. The van der Waals surface area contributed by atoms with E-state index in [1.54, 1.807) is 13.8 Å². The minimum Gasteiger partial charge on any atom is -0.478 e. The van der Waals surface area contributed by atoms with Crippen LogP contribution in [0.1, 0.15) is 46.0 Å². The monoisotopic (exact) mass is 322 g/mol. The predicted octanol–water partition coefficient (Wildman–Crippen LogP) is 3.71. The van der Waals surface area contributed by atoms with Crippen LogP contribution >= 0.6 is 0 Å². The third-order valence-corrected chi connectivity index (χ3v) is 4.18. The van der Waals surface area contributed by atoms with Gasteiger partial charge in [0, 0.05) is 12.2 Å². The summed E-state index contributed by atoms with van der Waals surface area (Å²) >= 11 is 0. The Morgan fingerprint density at radius 3 is 2.36 bits per heavy atom. The third kappa shape index (κ3) is 4.48. The first-order valence-corrected chi connectivity index (χ1v) is 7.30. The number of hydrogen-bond donors (Lipinski definition) is 1. The van der Waals surface area contributed by atoms with Crippen molar-refractivity contribution in [3.63, 3.8) is 0 Å². The minimum atomic E-state index is -4.47. The topological polar surface area (TPSA) is 63.6 Å². The van der Waals surface area contributed by atoms with Gasteiger partial charge in [0.25, 0.3) is 0 Å². The smallest absolute Gasteiger partial charge is 0.395 e. The summed E-state index contributed by atoms with van der Waals surface area (Å²) < 4.78 is 45.5. The summed E-state index contributed by atoms with van der Waals surface area (Å²) in [4.78, 5) is 22.2. The molecule has 126 valence electrons. The number of carbonyl (C=O) groups excluding carboxylic acids is 1. The summed E-state index contributed by atoms with van der Waals surface area (Å²) in [6.07, 6.45) is -1.57. The maximum atomic E-state index is 13.4. The number of aliphatic carboxylic acids is 1. The van der Waals surface area contributed by atoms with Gasteiger partial charge in [-0.1, -0.05) is 26.7 Å². The molecule has 0 aromatic heterocycles. The van der Waals surface area contributed by atoms with E-state index in [4.69, 9.17) is 9.84 Å². The van der Waals surface area contributed by atoms with Crippen LogP contribution in [0.2, 0.25) is 0 Å². The second-order valence-electron chi connectivity index (χ2n) is 5.90. The van der Waals surface area contributed by atoms with Crippen molar-refractivity contribution in [2.75, 3.05) is 0 Å². The first-order chi connectivity index (χ1) is 10.1. The highest BCUT2D eigenvalue weighted by atomic mass is 19.4. The van der Waals surface area contributed by atoms with Crippen LogP contribution in [0.15, 0.2) is 12.2 Å². The van der Waals surface area contributed by atoms with Gasteiger partial charge in [-0.15, -0.1) is 0 Å².